The molecular formula is C14H12BrF3N6. The molecule has 6 nitrogen and oxygen atoms in total. The molecule has 24 heavy (non-hydrogen) atoms. The van der Waals surface area contributed by atoms with E-state index in [2.05, 4.69) is 46.4 Å². The highest BCUT2D eigenvalue weighted by atomic mass is 79.9. The smallest absolute Gasteiger partial charge is 0.353 e. The summed E-state index contributed by atoms with van der Waals surface area (Å²) in [7, 11) is 0. The van der Waals surface area contributed by atoms with Gasteiger partial charge in [0.15, 0.2) is 5.65 Å². The Kier molecular flexibility index (Phi) is 3.52. The fraction of sp³-hybridized carbons (Fsp3) is 0.357. The number of alkyl halides is 3. The Hall–Kier alpha value is -2.10. The molecule has 2 atom stereocenters. The molecule has 126 valence electrons. The van der Waals surface area contributed by atoms with Gasteiger partial charge >= 0.3 is 6.18 Å². The highest BCUT2D eigenvalue weighted by Gasteiger charge is 2.46. The average molecular weight is 401 g/mol. The number of imidazole rings is 1. The van der Waals surface area contributed by atoms with Crippen molar-refractivity contribution in [2.24, 2.45) is 0 Å². The minimum absolute atomic E-state index is 0.0653. The lowest BCUT2D eigenvalue weighted by molar-refractivity contribution is -0.153. The minimum atomic E-state index is -4.31. The summed E-state index contributed by atoms with van der Waals surface area (Å²) in [5.41, 5.74) is 1.96. The van der Waals surface area contributed by atoms with Crippen molar-refractivity contribution >= 4 is 33.0 Å². The zero-order chi connectivity index (χ0) is 16.9. The quantitative estimate of drug-likeness (QED) is 0.614. The van der Waals surface area contributed by atoms with Crippen LogP contribution in [0.2, 0.25) is 0 Å². The molecular weight excluding hydrogens is 389 g/mol. The molecule has 3 heterocycles. The summed E-state index contributed by atoms with van der Waals surface area (Å²) >= 11 is 3.32. The standard InChI is InChI=1S/C14H12BrF3N6/c15-6-1-11-12(19-4-6)23-13(22-11)21-7-2-9(14(16,17)18)8-5-20-24-10(8)3-7/h1,4-5,7,9H,2-3H2,(H,20,24)(H2,19,21,22,23). The Morgan fingerprint density at radius 1 is 1.29 bits per heavy atom. The first-order valence-electron chi connectivity index (χ1n) is 7.27. The van der Waals surface area contributed by atoms with Gasteiger partial charge < -0.3 is 10.3 Å². The van der Waals surface area contributed by atoms with E-state index in [9.17, 15) is 13.2 Å². The van der Waals surface area contributed by atoms with Gasteiger partial charge in [-0.25, -0.2) is 4.98 Å². The van der Waals surface area contributed by atoms with Crippen LogP contribution >= 0.6 is 15.9 Å². The Labute approximate surface area is 142 Å². The normalized spacial score (nSPS) is 21.0. The number of anilines is 1. The van der Waals surface area contributed by atoms with Gasteiger partial charge in [0.2, 0.25) is 5.95 Å². The summed E-state index contributed by atoms with van der Waals surface area (Å²) in [6.07, 6.45) is -1.06. The highest BCUT2D eigenvalue weighted by Crippen LogP contribution is 2.42. The Morgan fingerprint density at radius 3 is 2.92 bits per heavy atom. The molecule has 2 unspecified atom stereocenters. The van der Waals surface area contributed by atoms with Crippen molar-refractivity contribution in [2.75, 3.05) is 5.32 Å². The number of aromatic amines is 2. The van der Waals surface area contributed by atoms with Crippen molar-refractivity contribution in [3.63, 3.8) is 0 Å². The molecule has 0 bridgehead atoms. The average Bonchev–Trinajstić information content (AvgIpc) is 3.10. The number of pyridine rings is 1. The van der Waals surface area contributed by atoms with E-state index in [1.54, 1.807) is 6.20 Å². The zero-order valence-electron chi connectivity index (χ0n) is 12.2. The van der Waals surface area contributed by atoms with E-state index in [0.29, 0.717) is 29.2 Å². The molecule has 3 aromatic rings. The first-order chi connectivity index (χ1) is 11.4. The second-order valence-electron chi connectivity index (χ2n) is 5.79. The van der Waals surface area contributed by atoms with Crippen molar-refractivity contribution in [3.05, 3.63) is 34.2 Å². The fourth-order valence-corrected chi connectivity index (χ4v) is 3.41. The van der Waals surface area contributed by atoms with Gasteiger partial charge in [0, 0.05) is 34.4 Å². The highest BCUT2D eigenvalue weighted by molar-refractivity contribution is 9.10. The molecule has 1 aliphatic carbocycles. The van der Waals surface area contributed by atoms with Crippen LogP contribution in [0.25, 0.3) is 11.2 Å². The number of halogens is 4. The maximum atomic E-state index is 13.3. The monoisotopic (exact) mass is 400 g/mol. The van der Waals surface area contributed by atoms with E-state index in [0.717, 1.165) is 4.47 Å². The first kappa shape index (κ1) is 15.4. The van der Waals surface area contributed by atoms with Crippen LogP contribution in [0, 0.1) is 0 Å². The summed E-state index contributed by atoms with van der Waals surface area (Å²) in [6.45, 7) is 0. The Bertz CT molecular complexity index is 886. The number of nitrogens with one attached hydrogen (secondary N) is 3. The van der Waals surface area contributed by atoms with E-state index >= 15 is 0 Å². The molecule has 0 aliphatic heterocycles. The number of hydrogen-bond donors (Lipinski definition) is 3. The molecule has 0 radical (unpaired) electrons. The lowest BCUT2D eigenvalue weighted by Gasteiger charge is -2.30. The van der Waals surface area contributed by atoms with Crippen LogP contribution in [0.4, 0.5) is 19.1 Å². The summed E-state index contributed by atoms with van der Waals surface area (Å²) in [5, 5.41) is 9.49. The minimum Gasteiger partial charge on any atom is -0.353 e. The molecule has 3 N–H and O–H groups in total. The van der Waals surface area contributed by atoms with E-state index in [1.165, 1.54) is 6.20 Å². The predicted molar refractivity (Wildman–Crippen MR) is 84.7 cm³/mol. The van der Waals surface area contributed by atoms with Gasteiger partial charge in [-0.1, -0.05) is 0 Å². The summed E-state index contributed by atoms with van der Waals surface area (Å²) in [5.74, 6) is -1.13. The molecule has 0 saturated carbocycles. The third kappa shape index (κ3) is 2.74. The maximum absolute atomic E-state index is 13.3. The Morgan fingerprint density at radius 2 is 2.12 bits per heavy atom. The van der Waals surface area contributed by atoms with E-state index < -0.39 is 18.1 Å². The lowest BCUT2D eigenvalue weighted by Crippen LogP contribution is -2.35. The van der Waals surface area contributed by atoms with Gasteiger partial charge in [-0.3, -0.25) is 5.10 Å². The molecule has 0 fully saturated rings. The Balaban J connectivity index is 1.60. The first-order valence-corrected chi connectivity index (χ1v) is 8.06. The number of nitrogens with zero attached hydrogens (tertiary/aromatic N) is 3. The van der Waals surface area contributed by atoms with Gasteiger partial charge in [-0.05, 0) is 28.4 Å². The van der Waals surface area contributed by atoms with Gasteiger partial charge in [0.1, 0.15) is 0 Å². The van der Waals surface area contributed by atoms with Crippen LogP contribution in [0.5, 0.6) is 0 Å². The molecule has 10 heteroatoms. The van der Waals surface area contributed by atoms with Gasteiger partial charge in [0.05, 0.1) is 17.6 Å². The van der Waals surface area contributed by atoms with Crippen LogP contribution in [0.1, 0.15) is 23.6 Å². The molecule has 0 spiro atoms. The second kappa shape index (κ2) is 5.47. The van der Waals surface area contributed by atoms with Crippen molar-refractivity contribution in [1.29, 1.82) is 0 Å². The number of aromatic nitrogens is 5. The SMILES string of the molecule is FC(F)(F)C1CC(Nc2nc3ncc(Br)cc3[nH]2)Cc2[nH]ncc21. The van der Waals surface area contributed by atoms with Crippen molar-refractivity contribution in [2.45, 2.75) is 31.0 Å². The molecule has 3 aromatic heterocycles. The van der Waals surface area contributed by atoms with E-state index in [-0.39, 0.29) is 12.0 Å². The molecule has 4 rings (SSSR count). The number of H-pyrrole nitrogens is 2. The van der Waals surface area contributed by atoms with Crippen LogP contribution < -0.4 is 5.32 Å². The molecule has 0 saturated heterocycles. The van der Waals surface area contributed by atoms with Crippen molar-refractivity contribution in [3.8, 4) is 0 Å². The summed E-state index contributed by atoms with van der Waals surface area (Å²) < 4.78 is 40.7. The number of hydrogen-bond acceptors (Lipinski definition) is 4. The second-order valence-corrected chi connectivity index (χ2v) is 6.70. The predicted octanol–water partition coefficient (Wildman–Crippen LogP) is 3.52. The molecule has 0 amide bonds. The van der Waals surface area contributed by atoms with Gasteiger partial charge in [0.25, 0.3) is 0 Å². The van der Waals surface area contributed by atoms with Crippen LogP contribution in [-0.4, -0.2) is 37.4 Å². The summed E-state index contributed by atoms with van der Waals surface area (Å²) in [4.78, 5) is 11.5. The van der Waals surface area contributed by atoms with Gasteiger partial charge in [-0.2, -0.15) is 23.3 Å². The van der Waals surface area contributed by atoms with Crippen molar-refractivity contribution < 1.29 is 13.2 Å². The maximum Gasteiger partial charge on any atom is 0.395 e. The topological polar surface area (TPSA) is 82.3 Å². The largest absolute Gasteiger partial charge is 0.395 e. The number of rotatable bonds is 2. The third-order valence-electron chi connectivity index (χ3n) is 4.14. The van der Waals surface area contributed by atoms with Crippen molar-refractivity contribution in [1.82, 2.24) is 25.1 Å². The zero-order valence-corrected chi connectivity index (χ0v) is 13.7. The van der Waals surface area contributed by atoms with E-state index in [4.69, 9.17) is 0 Å². The van der Waals surface area contributed by atoms with Crippen LogP contribution in [0.3, 0.4) is 0 Å². The molecule has 0 aromatic carbocycles. The van der Waals surface area contributed by atoms with Crippen LogP contribution in [0.15, 0.2) is 22.9 Å². The van der Waals surface area contributed by atoms with Gasteiger partial charge in [-0.15, -0.1) is 0 Å². The van der Waals surface area contributed by atoms with Crippen LogP contribution in [-0.2, 0) is 6.42 Å². The molecule has 1 aliphatic rings. The summed E-state index contributed by atoms with van der Waals surface area (Å²) in [6, 6.07) is 1.40. The number of fused-ring (bicyclic) bond motifs is 2. The third-order valence-corrected chi connectivity index (χ3v) is 4.57. The lowest BCUT2D eigenvalue weighted by atomic mass is 9.83. The fourth-order valence-electron chi connectivity index (χ4n) is 3.08. The van der Waals surface area contributed by atoms with E-state index in [1.807, 2.05) is 6.07 Å².